The van der Waals surface area contributed by atoms with E-state index in [1.165, 1.54) is 5.56 Å². The number of phenolic OH excluding ortho intramolecular Hbond substituents is 2. The van der Waals surface area contributed by atoms with Gasteiger partial charge >= 0.3 is 0 Å². The van der Waals surface area contributed by atoms with E-state index in [2.05, 4.69) is 5.32 Å². The second-order valence-corrected chi connectivity index (χ2v) is 5.35. The Morgan fingerprint density at radius 3 is 2.59 bits per heavy atom. The van der Waals surface area contributed by atoms with E-state index in [0.717, 1.165) is 30.5 Å². The third-order valence-electron chi connectivity index (χ3n) is 3.98. The van der Waals surface area contributed by atoms with Crippen LogP contribution in [0.5, 0.6) is 17.2 Å². The van der Waals surface area contributed by atoms with E-state index in [1.54, 1.807) is 25.3 Å². The highest BCUT2D eigenvalue weighted by molar-refractivity contribution is 5.85. The standard InChI is InChI=1S/C17H19NO3.ClH/c1-21-17-9-12-6-7-18-15(14(12)10-16(17)20)8-11-2-4-13(19)5-3-11;/h2-5,9-10,15,18-20H,6-8H2,1H3;1H/t15-;/m1./s1. The first-order chi connectivity index (χ1) is 10.2. The summed E-state index contributed by atoms with van der Waals surface area (Å²) in [6.07, 6.45) is 1.75. The molecule has 0 aromatic heterocycles. The molecule has 0 radical (unpaired) electrons. The molecule has 0 saturated heterocycles. The lowest BCUT2D eigenvalue weighted by atomic mass is 9.90. The molecule has 1 atom stereocenters. The summed E-state index contributed by atoms with van der Waals surface area (Å²) in [5.74, 6) is 0.979. The van der Waals surface area contributed by atoms with Gasteiger partial charge in [0.2, 0.25) is 0 Å². The summed E-state index contributed by atoms with van der Waals surface area (Å²) in [5.41, 5.74) is 3.48. The molecule has 3 N–H and O–H groups in total. The van der Waals surface area contributed by atoms with Crippen molar-refractivity contribution < 1.29 is 14.9 Å². The van der Waals surface area contributed by atoms with Crippen LogP contribution in [0.4, 0.5) is 0 Å². The number of aromatic hydroxyl groups is 2. The summed E-state index contributed by atoms with van der Waals surface area (Å²) in [5, 5.41) is 22.8. The van der Waals surface area contributed by atoms with Crippen LogP contribution in [0, 0.1) is 0 Å². The molecule has 0 unspecified atom stereocenters. The summed E-state index contributed by atoms with van der Waals surface area (Å²) in [7, 11) is 1.57. The number of hydrogen-bond acceptors (Lipinski definition) is 4. The predicted molar refractivity (Wildman–Crippen MR) is 88.2 cm³/mol. The Morgan fingerprint density at radius 1 is 1.18 bits per heavy atom. The zero-order valence-electron chi connectivity index (χ0n) is 12.4. The zero-order chi connectivity index (χ0) is 14.8. The van der Waals surface area contributed by atoms with Gasteiger partial charge in [-0.2, -0.15) is 0 Å². The Bertz CT molecular complexity index is 643. The Labute approximate surface area is 136 Å². The molecule has 4 nitrogen and oxygen atoms in total. The van der Waals surface area contributed by atoms with Crippen LogP contribution in [-0.2, 0) is 12.8 Å². The molecule has 1 aliphatic heterocycles. The number of nitrogens with one attached hydrogen (secondary N) is 1. The summed E-state index contributed by atoms with van der Waals surface area (Å²) in [4.78, 5) is 0. The van der Waals surface area contributed by atoms with E-state index in [9.17, 15) is 10.2 Å². The SMILES string of the molecule is COc1cc2c(cc1O)[C@@H](Cc1ccc(O)cc1)NCC2.Cl. The van der Waals surface area contributed by atoms with Crippen molar-refractivity contribution in [2.24, 2.45) is 0 Å². The largest absolute Gasteiger partial charge is 0.508 e. The van der Waals surface area contributed by atoms with Gasteiger partial charge in [0.1, 0.15) is 5.75 Å². The first kappa shape index (κ1) is 16.5. The Kier molecular flexibility index (Phi) is 5.16. The molecule has 22 heavy (non-hydrogen) atoms. The minimum Gasteiger partial charge on any atom is -0.508 e. The van der Waals surface area contributed by atoms with Crippen molar-refractivity contribution in [3.8, 4) is 17.2 Å². The Hall–Kier alpha value is -1.91. The summed E-state index contributed by atoms with van der Waals surface area (Å²) in [6.45, 7) is 0.906. The van der Waals surface area contributed by atoms with E-state index in [1.807, 2.05) is 18.2 Å². The summed E-state index contributed by atoms with van der Waals surface area (Å²) in [6, 6.07) is 11.1. The highest BCUT2D eigenvalue weighted by Crippen LogP contribution is 2.35. The fourth-order valence-electron chi connectivity index (χ4n) is 2.87. The van der Waals surface area contributed by atoms with Crippen LogP contribution in [0.1, 0.15) is 22.7 Å². The van der Waals surface area contributed by atoms with E-state index in [4.69, 9.17) is 4.74 Å². The van der Waals surface area contributed by atoms with Crippen LogP contribution in [0.15, 0.2) is 36.4 Å². The fraction of sp³-hybridized carbons (Fsp3) is 0.294. The van der Waals surface area contributed by atoms with Gasteiger partial charge in [0, 0.05) is 6.04 Å². The average molecular weight is 322 g/mol. The van der Waals surface area contributed by atoms with E-state index in [-0.39, 0.29) is 29.9 Å². The van der Waals surface area contributed by atoms with Crippen molar-refractivity contribution in [1.82, 2.24) is 5.32 Å². The minimum atomic E-state index is 0. The fourth-order valence-corrected chi connectivity index (χ4v) is 2.87. The quantitative estimate of drug-likeness (QED) is 0.813. The molecular formula is C17H20ClNO3. The molecule has 0 fully saturated rings. The zero-order valence-corrected chi connectivity index (χ0v) is 13.2. The second-order valence-electron chi connectivity index (χ2n) is 5.35. The van der Waals surface area contributed by atoms with E-state index >= 15 is 0 Å². The maximum absolute atomic E-state index is 10.0. The molecule has 0 saturated carbocycles. The predicted octanol–water partition coefficient (Wildman–Crippen LogP) is 2.96. The van der Waals surface area contributed by atoms with Gasteiger partial charge in [-0.1, -0.05) is 12.1 Å². The molecule has 2 aromatic carbocycles. The maximum atomic E-state index is 10.0. The van der Waals surface area contributed by atoms with Gasteiger partial charge in [-0.3, -0.25) is 0 Å². The van der Waals surface area contributed by atoms with Crippen molar-refractivity contribution in [1.29, 1.82) is 0 Å². The van der Waals surface area contributed by atoms with Crippen LogP contribution < -0.4 is 10.1 Å². The molecule has 5 heteroatoms. The van der Waals surface area contributed by atoms with Gasteiger partial charge in [-0.25, -0.2) is 0 Å². The Balaban J connectivity index is 0.00000176. The molecule has 2 aromatic rings. The summed E-state index contributed by atoms with van der Waals surface area (Å²) >= 11 is 0. The molecular weight excluding hydrogens is 302 g/mol. The summed E-state index contributed by atoms with van der Waals surface area (Å²) < 4.78 is 5.18. The highest BCUT2D eigenvalue weighted by Gasteiger charge is 2.22. The molecule has 1 heterocycles. The van der Waals surface area contributed by atoms with Gasteiger partial charge in [-0.05, 0) is 60.3 Å². The lowest BCUT2D eigenvalue weighted by Crippen LogP contribution is -2.31. The molecule has 0 amide bonds. The third-order valence-corrected chi connectivity index (χ3v) is 3.98. The van der Waals surface area contributed by atoms with Crippen LogP contribution in [0.3, 0.4) is 0 Å². The minimum absolute atomic E-state index is 0. The van der Waals surface area contributed by atoms with Crippen molar-refractivity contribution in [3.63, 3.8) is 0 Å². The first-order valence-electron chi connectivity index (χ1n) is 7.08. The molecule has 3 rings (SSSR count). The van der Waals surface area contributed by atoms with Gasteiger partial charge in [0.05, 0.1) is 7.11 Å². The van der Waals surface area contributed by atoms with E-state index < -0.39 is 0 Å². The monoisotopic (exact) mass is 321 g/mol. The van der Waals surface area contributed by atoms with Gasteiger partial charge < -0.3 is 20.3 Å². The van der Waals surface area contributed by atoms with Crippen molar-refractivity contribution >= 4 is 12.4 Å². The number of fused-ring (bicyclic) bond motifs is 1. The first-order valence-corrected chi connectivity index (χ1v) is 7.08. The third kappa shape index (κ3) is 3.29. The van der Waals surface area contributed by atoms with Crippen LogP contribution in [0.25, 0.3) is 0 Å². The molecule has 118 valence electrons. The van der Waals surface area contributed by atoms with Gasteiger partial charge in [-0.15, -0.1) is 12.4 Å². The number of halogens is 1. The lowest BCUT2D eigenvalue weighted by Gasteiger charge is -2.28. The van der Waals surface area contributed by atoms with Gasteiger partial charge in [0.25, 0.3) is 0 Å². The number of rotatable bonds is 3. The molecule has 0 bridgehead atoms. The number of benzene rings is 2. The second kappa shape index (κ2) is 6.90. The lowest BCUT2D eigenvalue weighted by molar-refractivity contribution is 0.370. The van der Waals surface area contributed by atoms with Crippen LogP contribution in [0.2, 0.25) is 0 Å². The van der Waals surface area contributed by atoms with Crippen LogP contribution >= 0.6 is 12.4 Å². The number of methoxy groups -OCH3 is 1. The van der Waals surface area contributed by atoms with E-state index in [0.29, 0.717) is 5.75 Å². The topological polar surface area (TPSA) is 61.7 Å². The average Bonchev–Trinajstić information content (AvgIpc) is 2.49. The normalized spacial score (nSPS) is 16.5. The van der Waals surface area contributed by atoms with Crippen molar-refractivity contribution in [2.75, 3.05) is 13.7 Å². The maximum Gasteiger partial charge on any atom is 0.160 e. The smallest absolute Gasteiger partial charge is 0.160 e. The molecule has 1 aliphatic rings. The van der Waals surface area contributed by atoms with Crippen LogP contribution in [-0.4, -0.2) is 23.9 Å². The van der Waals surface area contributed by atoms with Gasteiger partial charge in [0.15, 0.2) is 11.5 Å². The van der Waals surface area contributed by atoms with Crippen molar-refractivity contribution in [3.05, 3.63) is 53.1 Å². The number of ether oxygens (including phenoxy) is 1. The highest BCUT2D eigenvalue weighted by atomic mass is 35.5. The number of phenols is 2. The van der Waals surface area contributed by atoms with Crippen molar-refractivity contribution in [2.45, 2.75) is 18.9 Å². The Morgan fingerprint density at radius 2 is 1.91 bits per heavy atom. The number of hydrogen-bond donors (Lipinski definition) is 3. The molecule has 0 aliphatic carbocycles. The molecule has 0 spiro atoms.